The van der Waals surface area contributed by atoms with E-state index in [0.29, 0.717) is 5.69 Å². The van der Waals surface area contributed by atoms with Gasteiger partial charge in [-0.05, 0) is 52.8 Å². The van der Waals surface area contributed by atoms with Crippen molar-refractivity contribution in [3.05, 3.63) is 58.7 Å². The van der Waals surface area contributed by atoms with Gasteiger partial charge >= 0.3 is 6.18 Å². The number of alkyl halides is 3. The van der Waals surface area contributed by atoms with Crippen LogP contribution >= 0.6 is 0 Å². The normalized spacial score (nSPS) is 13.2. The summed E-state index contributed by atoms with van der Waals surface area (Å²) < 4.78 is 37.9. The molecule has 0 bridgehead atoms. The average Bonchev–Trinajstić information content (AvgIpc) is 2.53. The Kier molecular flexibility index (Phi) is 5.83. The lowest BCUT2D eigenvalue weighted by Gasteiger charge is -2.27. The molecule has 0 aliphatic rings. The van der Waals surface area contributed by atoms with E-state index in [9.17, 15) is 18.3 Å². The number of aromatic hydroxyl groups is 1. The molecule has 0 aromatic heterocycles. The first kappa shape index (κ1) is 21.8. The molecule has 0 atom stereocenters. The van der Waals surface area contributed by atoms with Crippen LogP contribution in [0, 0.1) is 0 Å². The van der Waals surface area contributed by atoms with Crippen molar-refractivity contribution in [2.45, 2.75) is 58.5 Å². The van der Waals surface area contributed by atoms with Gasteiger partial charge in [-0.1, -0.05) is 41.5 Å². The van der Waals surface area contributed by atoms with Gasteiger partial charge in [0.05, 0.1) is 17.5 Å². The van der Waals surface area contributed by atoms with Gasteiger partial charge in [0.15, 0.2) is 0 Å². The van der Waals surface area contributed by atoms with E-state index in [2.05, 4.69) is 10.5 Å². The maximum atomic E-state index is 12.6. The first-order chi connectivity index (χ1) is 12.7. The van der Waals surface area contributed by atoms with Crippen LogP contribution in [0.25, 0.3) is 0 Å². The summed E-state index contributed by atoms with van der Waals surface area (Å²) in [6, 6.07) is 8.43. The molecular weight excluding hydrogens is 365 g/mol. The molecule has 0 fully saturated rings. The number of hydrogen-bond donors (Lipinski definition) is 2. The molecule has 2 N–H and O–H groups in total. The van der Waals surface area contributed by atoms with E-state index in [-0.39, 0.29) is 16.6 Å². The Balaban J connectivity index is 2.30. The summed E-state index contributed by atoms with van der Waals surface area (Å²) in [5, 5.41) is 14.9. The first-order valence-electron chi connectivity index (χ1n) is 9.04. The fourth-order valence-electron chi connectivity index (χ4n) is 2.79. The minimum atomic E-state index is -4.36. The van der Waals surface area contributed by atoms with Crippen molar-refractivity contribution in [1.29, 1.82) is 0 Å². The molecule has 0 saturated heterocycles. The van der Waals surface area contributed by atoms with Crippen LogP contribution in [0.4, 0.5) is 18.9 Å². The van der Waals surface area contributed by atoms with Gasteiger partial charge in [-0.2, -0.15) is 18.3 Å². The third kappa shape index (κ3) is 5.27. The molecule has 0 radical (unpaired) electrons. The van der Waals surface area contributed by atoms with Crippen LogP contribution in [0.2, 0.25) is 0 Å². The van der Waals surface area contributed by atoms with Crippen molar-refractivity contribution in [2.75, 3.05) is 5.43 Å². The van der Waals surface area contributed by atoms with E-state index < -0.39 is 11.7 Å². The summed E-state index contributed by atoms with van der Waals surface area (Å²) >= 11 is 0. The molecule has 0 heterocycles. The Morgan fingerprint density at radius 2 is 1.32 bits per heavy atom. The lowest BCUT2D eigenvalue weighted by atomic mass is 9.78. The summed E-state index contributed by atoms with van der Waals surface area (Å²) in [6.07, 6.45) is -2.76. The number of nitrogens with one attached hydrogen (secondary N) is 1. The highest BCUT2D eigenvalue weighted by Gasteiger charge is 2.30. The number of halogens is 3. The summed E-state index contributed by atoms with van der Waals surface area (Å²) in [5.41, 5.74) is 4.41. The highest BCUT2D eigenvalue weighted by Crippen LogP contribution is 2.39. The molecule has 152 valence electrons. The van der Waals surface area contributed by atoms with Crippen LogP contribution in [0.3, 0.4) is 0 Å². The first-order valence-corrected chi connectivity index (χ1v) is 9.04. The van der Waals surface area contributed by atoms with Crippen LogP contribution in [-0.4, -0.2) is 11.3 Å². The molecule has 0 unspecified atom stereocenters. The Morgan fingerprint density at radius 3 is 1.71 bits per heavy atom. The zero-order chi connectivity index (χ0) is 21.3. The Bertz CT molecular complexity index is 820. The van der Waals surface area contributed by atoms with E-state index in [1.165, 1.54) is 12.1 Å². The standard InChI is InChI=1S/C22H27F3N2O/c1-20(2,3)17-11-14(12-18(19(17)28)21(4,5)6)13-26-27-16-9-7-15(8-10-16)22(23,24)25/h7-13,27-28H,1-6H3/b26-13+. The number of benzene rings is 2. The molecule has 6 heteroatoms. The predicted octanol–water partition coefficient (Wildman–Crippen LogP) is 6.45. The lowest BCUT2D eigenvalue weighted by molar-refractivity contribution is -0.137. The highest BCUT2D eigenvalue weighted by atomic mass is 19.4. The largest absolute Gasteiger partial charge is 0.507 e. The summed E-state index contributed by atoms with van der Waals surface area (Å²) in [7, 11) is 0. The van der Waals surface area contributed by atoms with E-state index >= 15 is 0 Å². The molecule has 2 aromatic carbocycles. The van der Waals surface area contributed by atoms with E-state index in [1.54, 1.807) is 6.21 Å². The predicted molar refractivity (Wildman–Crippen MR) is 108 cm³/mol. The maximum Gasteiger partial charge on any atom is 0.416 e. The van der Waals surface area contributed by atoms with E-state index in [1.807, 2.05) is 53.7 Å². The van der Waals surface area contributed by atoms with Gasteiger partial charge < -0.3 is 5.11 Å². The number of phenols is 1. The van der Waals surface area contributed by atoms with Crippen molar-refractivity contribution in [3.8, 4) is 5.75 Å². The lowest BCUT2D eigenvalue weighted by Crippen LogP contribution is -2.17. The quantitative estimate of drug-likeness (QED) is 0.465. The van der Waals surface area contributed by atoms with Crippen molar-refractivity contribution < 1.29 is 18.3 Å². The van der Waals surface area contributed by atoms with Crippen molar-refractivity contribution in [2.24, 2.45) is 5.10 Å². The molecule has 0 aliphatic heterocycles. The van der Waals surface area contributed by atoms with Crippen molar-refractivity contribution >= 4 is 11.9 Å². The molecule has 0 aliphatic carbocycles. The number of nitrogens with zero attached hydrogens (tertiary/aromatic N) is 1. The third-order valence-electron chi connectivity index (χ3n) is 4.37. The van der Waals surface area contributed by atoms with Gasteiger partial charge in [-0.25, -0.2) is 0 Å². The van der Waals surface area contributed by atoms with Gasteiger partial charge in [0, 0.05) is 11.1 Å². The summed E-state index contributed by atoms with van der Waals surface area (Å²) in [6.45, 7) is 12.1. The highest BCUT2D eigenvalue weighted by molar-refractivity contribution is 5.82. The third-order valence-corrected chi connectivity index (χ3v) is 4.37. The fraction of sp³-hybridized carbons (Fsp3) is 0.409. The van der Waals surface area contributed by atoms with E-state index in [0.717, 1.165) is 28.8 Å². The monoisotopic (exact) mass is 392 g/mol. The minimum absolute atomic E-state index is 0.255. The van der Waals surface area contributed by atoms with Crippen LogP contribution in [0.15, 0.2) is 41.5 Å². The summed E-state index contributed by atoms with van der Waals surface area (Å²) in [5.74, 6) is 0.285. The molecule has 2 rings (SSSR count). The Labute approximate surface area is 164 Å². The van der Waals surface area contributed by atoms with Gasteiger partial charge in [-0.3, -0.25) is 5.43 Å². The summed E-state index contributed by atoms with van der Waals surface area (Å²) in [4.78, 5) is 0. The van der Waals surface area contributed by atoms with Crippen LogP contribution in [0.5, 0.6) is 5.75 Å². The van der Waals surface area contributed by atoms with Crippen LogP contribution in [-0.2, 0) is 17.0 Å². The second-order valence-corrected chi connectivity index (χ2v) is 8.91. The zero-order valence-corrected chi connectivity index (χ0v) is 17.1. The van der Waals surface area contributed by atoms with Gasteiger partial charge in [0.2, 0.25) is 0 Å². The molecule has 0 saturated carbocycles. The van der Waals surface area contributed by atoms with Crippen molar-refractivity contribution in [1.82, 2.24) is 0 Å². The number of anilines is 1. The minimum Gasteiger partial charge on any atom is -0.507 e. The number of rotatable bonds is 3. The average molecular weight is 392 g/mol. The van der Waals surface area contributed by atoms with Gasteiger partial charge in [0.25, 0.3) is 0 Å². The second kappa shape index (κ2) is 7.49. The van der Waals surface area contributed by atoms with E-state index in [4.69, 9.17) is 0 Å². The Hall–Kier alpha value is -2.50. The molecule has 0 spiro atoms. The Morgan fingerprint density at radius 1 is 0.857 bits per heavy atom. The number of phenolic OH excluding ortho intramolecular Hbond substituents is 1. The number of hydrogen-bond acceptors (Lipinski definition) is 3. The zero-order valence-electron chi connectivity index (χ0n) is 17.1. The molecule has 3 nitrogen and oxygen atoms in total. The molecule has 0 amide bonds. The smallest absolute Gasteiger partial charge is 0.416 e. The molecule has 28 heavy (non-hydrogen) atoms. The molecule has 2 aromatic rings. The number of hydrazone groups is 1. The van der Waals surface area contributed by atoms with Crippen molar-refractivity contribution in [3.63, 3.8) is 0 Å². The van der Waals surface area contributed by atoms with Crippen LogP contribution in [0.1, 0.15) is 63.8 Å². The van der Waals surface area contributed by atoms with Gasteiger partial charge in [-0.15, -0.1) is 0 Å². The molecular formula is C22H27F3N2O. The second-order valence-electron chi connectivity index (χ2n) is 8.91. The topological polar surface area (TPSA) is 44.6 Å². The van der Waals surface area contributed by atoms with Gasteiger partial charge in [0.1, 0.15) is 5.75 Å². The fourth-order valence-corrected chi connectivity index (χ4v) is 2.79. The maximum absolute atomic E-state index is 12.6. The van der Waals surface area contributed by atoms with Crippen LogP contribution < -0.4 is 5.43 Å². The SMILES string of the molecule is CC(C)(C)c1cc(/C=N/Nc2ccc(C(F)(F)F)cc2)cc(C(C)(C)C)c1O.